The molecule has 2 aromatic carbocycles. The molecule has 2 aromatic heterocycles. The first kappa shape index (κ1) is 16.4. The third kappa shape index (κ3) is 3.40. The summed E-state index contributed by atoms with van der Waals surface area (Å²) in [5.41, 5.74) is 2.83. The number of benzene rings is 2. The molecule has 138 valence electrons. The van der Waals surface area contributed by atoms with Crippen molar-refractivity contribution in [2.24, 2.45) is 5.16 Å². The standard InChI is InChI=1S/C22H17N3O3/c1-2-4-16(5-3-1)26-17-8-6-15(7-9-17)21-13-22(25-28-21)27-18-12-20-19(24-14-18)10-11-23-20/h1-12,14,21,23H,13H2. The Balaban J connectivity index is 1.22. The van der Waals surface area contributed by atoms with E-state index < -0.39 is 0 Å². The van der Waals surface area contributed by atoms with Crippen molar-refractivity contribution in [1.29, 1.82) is 0 Å². The van der Waals surface area contributed by atoms with Gasteiger partial charge in [-0.1, -0.05) is 35.5 Å². The number of hydrogen-bond acceptors (Lipinski definition) is 5. The van der Waals surface area contributed by atoms with Crippen molar-refractivity contribution in [1.82, 2.24) is 9.97 Å². The third-order valence-corrected chi connectivity index (χ3v) is 4.48. The summed E-state index contributed by atoms with van der Waals surface area (Å²) < 4.78 is 11.6. The second-order valence-corrected chi connectivity index (χ2v) is 6.45. The molecule has 1 aliphatic rings. The van der Waals surface area contributed by atoms with Crippen molar-refractivity contribution in [2.75, 3.05) is 0 Å². The number of aromatic amines is 1. The number of hydrogen-bond donors (Lipinski definition) is 1. The summed E-state index contributed by atoms with van der Waals surface area (Å²) in [5, 5.41) is 4.07. The highest BCUT2D eigenvalue weighted by Crippen LogP contribution is 2.30. The zero-order chi connectivity index (χ0) is 18.8. The number of ether oxygens (including phenoxy) is 2. The number of rotatable bonds is 4. The first-order chi connectivity index (χ1) is 13.8. The molecule has 6 nitrogen and oxygen atoms in total. The van der Waals surface area contributed by atoms with Gasteiger partial charge in [-0.15, -0.1) is 0 Å². The van der Waals surface area contributed by atoms with Gasteiger partial charge >= 0.3 is 0 Å². The van der Waals surface area contributed by atoms with E-state index >= 15 is 0 Å². The normalized spacial score (nSPS) is 15.9. The molecule has 4 aromatic rings. The van der Waals surface area contributed by atoms with Gasteiger partial charge in [0.1, 0.15) is 17.2 Å². The summed E-state index contributed by atoms with van der Waals surface area (Å²) in [7, 11) is 0. The van der Waals surface area contributed by atoms with Crippen LogP contribution >= 0.6 is 0 Å². The predicted molar refractivity (Wildman–Crippen MR) is 106 cm³/mol. The lowest BCUT2D eigenvalue weighted by Gasteiger charge is -2.10. The Labute approximate surface area is 161 Å². The van der Waals surface area contributed by atoms with Crippen LogP contribution in [0.15, 0.2) is 84.3 Å². The molecule has 6 heteroatoms. The van der Waals surface area contributed by atoms with Crippen LogP contribution in [0.1, 0.15) is 18.1 Å². The van der Waals surface area contributed by atoms with Gasteiger partial charge in [-0.05, 0) is 35.9 Å². The van der Waals surface area contributed by atoms with Gasteiger partial charge in [0, 0.05) is 12.3 Å². The van der Waals surface area contributed by atoms with E-state index in [1.165, 1.54) is 0 Å². The molecule has 0 saturated carbocycles. The molecule has 3 heterocycles. The van der Waals surface area contributed by atoms with Gasteiger partial charge in [0.25, 0.3) is 0 Å². The van der Waals surface area contributed by atoms with Crippen molar-refractivity contribution in [2.45, 2.75) is 12.5 Å². The highest BCUT2D eigenvalue weighted by atomic mass is 16.7. The van der Waals surface area contributed by atoms with Crippen LogP contribution in [0.25, 0.3) is 11.0 Å². The molecule has 28 heavy (non-hydrogen) atoms. The second-order valence-electron chi connectivity index (χ2n) is 6.45. The SMILES string of the molecule is c1ccc(Oc2ccc(C3CC(Oc4cnc5cc[nH]c5c4)=NO3)cc2)cc1. The van der Waals surface area contributed by atoms with Gasteiger partial charge in [-0.25, -0.2) is 0 Å². The Kier molecular flexibility index (Phi) is 4.14. The topological polar surface area (TPSA) is 68.7 Å². The fourth-order valence-electron chi connectivity index (χ4n) is 3.08. The van der Waals surface area contributed by atoms with Crippen LogP contribution in [0.3, 0.4) is 0 Å². The summed E-state index contributed by atoms with van der Waals surface area (Å²) in [6.07, 6.45) is 3.91. The van der Waals surface area contributed by atoms with Crippen molar-refractivity contribution < 1.29 is 14.3 Å². The molecule has 0 radical (unpaired) electrons. The number of aromatic nitrogens is 2. The van der Waals surface area contributed by atoms with E-state index in [4.69, 9.17) is 14.3 Å². The van der Waals surface area contributed by atoms with Gasteiger partial charge in [-0.2, -0.15) is 0 Å². The molecule has 0 bridgehead atoms. The van der Waals surface area contributed by atoms with E-state index in [1.54, 1.807) is 6.20 Å². The minimum atomic E-state index is -0.178. The Morgan fingerprint density at radius 1 is 0.893 bits per heavy atom. The first-order valence-electron chi connectivity index (χ1n) is 9.00. The van der Waals surface area contributed by atoms with Crippen molar-refractivity contribution in [3.8, 4) is 17.2 Å². The van der Waals surface area contributed by atoms with E-state index in [-0.39, 0.29) is 6.10 Å². The zero-order valence-electron chi connectivity index (χ0n) is 14.9. The monoisotopic (exact) mass is 371 g/mol. The van der Waals surface area contributed by atoms with Crippen LogP contribution in [-0.2, 0) is 4.84 Å². The summed E-state index contributed by atoms with van der Waals surface area (Å²) in [4.78, 5) is 13.0. The van der Waals surface area contributed by atoms with Crippen LogP contribution in [0.2, 0.25) is 0 Å². The molecular weight excluding hydrogens is 354 g/mol. The maximum Gasteiger partial charge on any atom is 0.235 e. The molecule has 5 rings (SSSR count). The molecule has 1 N–H and O–H groups in total. The fraction of sp³-hybridized carbons (Fsp3) is 0.0909. The molecular formula is C22H17N3O3. The second kappa shape index (κ2) is 7.08. The largest absolute Gasteiger partial charge is 0.457 e. The number of fused-ring (bicyclic) bond motifs is 1. The summed E-state index contributed by atoms with van der Waals surface area (Å²) in [5.74, 6) is 2.74. The number of nitrogens with one attached hydrogen (secondary N) is 1. The van der Waals surface area contributed by atoms with Crippen LogP contribution in [0.5, 0.6) is 17.2 Å². The number of nitrogens with zero attached hydrogens (tertiary/aromatic N) is 2. The highest BCUT2D eigenvalue weighted by Gasteiger charge is 2.24. The number of para-hydroxylation sites is 1. The van der Waals surface area contributed by atoms with Crippen molar-refractivity contribution >= 4 is 16.9 Å². The molecule has 0 saturated heterocycles. The number of pyridine rings is 1. The molecule has 0 fully saturated rings. The maximum atomic E-state index is 5.83. The molecule has 0 aliphatic carbocycles. The van der Waals surface area contributed by atoms with Gasteiger partial charge in [-0.3, -0.25) is 4.98 Å². The summed E-state index contributed by atoms with van der Waals surface area (Å²) in [6, 6.07) is 21.3. The van der Waals surface area contributed by atoms with E-state index in [0.717, 1.165) is 28.1 Å². The molecule has 0 amide bonds. The molecule has 1 aliphatic heterocycles. The molecule has 1 unspecified atom stereocenters. The third-order valence-electron chi connectivity index (χ3n) is 4.48. The lowest BCUT2D eigenvalue weighted by Crippen LogP contribution is -2.07. The zero-order valence-corrected chi connectivity index (χ0v) is 14.9. The first-order valence-corrected chi connectivity index (χ1v) is 9.00. The number of oxime groups is 1. The van der Waals surface area contributed by atoms with Gasteiger partial charge in [0.05, 0.1) is 23.7 Å². The predicted octanol–water partition coefficient (Wildman–Crippen LogP) is 5.21. The fourth-order valence-corrected chi connectivity index (χ4v) is 3.08. The van der Waals surface area contributed by atoms with Crippen LogP contribution in [0.4, 0.5) is 0 Å². The van der Waals surface area contributed by atoms with Gasteiger partial charge < -0.3 is 19.3 Å². The van der Waals surface area contributed by atoms with E-state index in [2.05, 4.69) is 15.1 Å². The lowest BCUT2D eigenvalue weighted by atomic mass is 10.1. The highest BCUT2D eigenvalue weighted by molar-refractivity contribution is 5.81. The Bertz CT molecular complexity index is 1120. The summed E-state index contributed by atoms with van der Waals surface area (Å²) in [6.45, 7) is 0. The average molecular weight is 371 g/mol. The lowest BCUT2D eigenvalue weighted by molar-refractivity contribution is 0.0855. The van der Waals surface area contributed by atoms with E-state index in [0.29, 0.717) is 18.1 Å². The Hall–Kier alpha value is -3.80. The number of H-pyrrole nitrogens is 1. The van der Waals surface area contributed by atoms with Crippen molar-refractivity contribution in [3.63, 3.8) is 0 Å². The average Bonchev–Trinajstić information content (AvgIpc) is 3.39. The quantitative estimate of drug-likeness (QED) is 0.535. The van der Waals surface area contributed by atoms with Crippen LogP contribution in [0, 0.1) is 0 Å². The maximum absolute atomic E-state index is 5.83. The van der Waals surface area contributed by atoms with Gasteiger partial charge in [0.2, 0.25) is 5.90 Å². The molecule has 0 spiro atoms. The van der Waals surface area contributed by atoms with Crippen LogP contribution in [-0.4, -0.2) is 15.9 Å². The minimum absolute atomic E-state index is 0.178. The van der Waals surface area contributed by atoms with Gasteiger partial charge in [0.15, 0.2) is 6.10 Å². The van der Waals surface area contributed by atoms with E-state index in [1.807, 2.05) is 72.9 Å². The summed E-state index contributed by atoms with van der Waals surface area (Å²) >= 11 is 0. The molecule has 1 atom stereocenters. The smallest absolute Gasteiger partial charge is 0.235 e. The minimum Gasteiger partial charge on any atom is -0.457 e. The Morgan fingerprint density at radius 2 is 1.71 bits per heavy atom. The Morgan fingerprint density at radius 3 is 2.57 bits per heavy atom. The van der Waals surface area contributed by atoms with Crippen molar-refractivity contribution in [3.05, 3.63) is 84.7 Å². The van der Waals surface area contributed by atoms with Crippen LogP contribution < -0.4 is 9.47 Å². The van der Waals surface area contributed by atoms with E-state index in [9.17, 15) is 0 Å².